The average molecular weight is 511 g/mol. The summed E-state index contributed by atoms with van der Waals surface area (Å²) in [5, 5.41) is 13.9. The van der Waals surface area contributed by atoms with Gasteiger partial charge in [0.25, 0.3) is 0 Å². The number of carbonyl (C=O) groups excluding carboxylic acids is 2. The first-order chi connectivity index (χ1) is 17.5. The number of alkyl halides is 3. The van der Waals surface area contributed by atoms with Crippen LogP contribution < -0.4 is 10.1 Å². The zero-order valence-electron chi connectivity index (χ0n) is 18.9. The van der Waals surface area contributed by atoms with Crippen LogP contribution >= 0.6 is 0 Å². The zero-order valence-corrected chi connectivity index (χ0v) is 18.9. The van der Waals surface area contributed by atoms with Gasteiger partial charge in [0.15, 0.2) is 5.70 Å². The molecule has 0 fully saturated rings. The Morgan fingerprint density at radius 1 is 1.08 bits per heavy atom. The van der Waals surface area contributed by atoms with E-state index < -0.39 is 28.3 Å². The minimum Gasteiger partial charge on any atom is -0.450 e. The van der Waals surface area contributed by atoms with E-state index in [9.17, 15) is 32.9 Å². The molecule has 0 spiro atoms. The molecule has 3 aromatic rings. The van der Waals surface area contributed by atoms with Gasteiger partial charge in [0.2, 0.25) is 17.6 Å². The van der Waals surface area contributed by atoms with E-state index in [1.807, 2.05) is 0 Å². The minimum absolute atomic E-state index is 0.0213. The van der Waals surface area contributed by atoms with Crippen molar-refractivity contribution < 1.29 is 37.2 Å². The van der Waals surface area contributed by atoms with Crippen molar-refractivity contribution >= 4 is 35.2 Å². The topological polar surface area (TPSA) is 120 Å². The number of cyclic esters (lactones) is 1. The number of benzene rings is 3. The van der Waals surface area contributed by atoms with E-state index in [4.69, 9.17) is 9.47 Å². The highest BCUT2D eigenvalue weighted by atomic mass is 19.4. The van der Waals surface area contributed by atoms with Crippen molar-refractivity contribution in [2.45, 2.75) is 13.1 Å². The predicted molar refractivity (Wildman–Crippen MR) is 126 cm³/mol. The maximum atomic E-state index is 12.9. The average Bonchev–Trinajstić information content (AvgIpc) is 3.19. The third kappa shape index (κ3) is 5.99. The van der Waals surface area contributed by atoms with Gasteiger partial charge in [-0.15, -0.1) is 0 Å². The van der Waals surface area contributed by atoms with E-state index in [0.717, 1.165) is 6.07 Å². The van der Waals surface area contributed by atoms with Crippen molar-refractivity contribution in [1.29, 1.82) is 0 Å². The lowest BCUT2D eigenvalue weighted by atomic mass is 10.1. The van der Waals surface area contributed by atoms with Crippen molar-refractivity contribution in [1.82, 2.24) is 0 Å². The highest BCUT2D eigenvalue weighted by molar-refractivity contribution is 6.13. The fourth-order valence-corrected chi connectivity index (χ4v) is 3.27. The molecule has 188 valence electrons. The molecule has 0 aromatic heterocycles. The molecule has 9 nitrogen and oxygen atoms in total. The van der Waals surface area contributed by atoms with E-state index in [0.29, 0.717) is 28.9 Å². The number of nitrogens with zero attached hydrogens (tertiary/aromatic N) is 2. The van der Waals surface area contributed by atoms with Gasteiger partial charge in [0.05, 0.1) is 10.5 Å². The monoisotopic (exact) mass is 511 g/mol. The number of nitrogens with one attached hydrogen (secondary N) is 1. The maximum Gasteiger partial charge on any atom is 0.416 e. The number of carbonyl (C=O) groups is 2. The Bertz CT molecular complexity index is 1450. The lowest BCUT2D eigenvalue weighted by Gasteiger charge is -2.10. The van der Waals surface area contributed by atoms with Crippen LogP contribution in [0.1, 0.15) is 23.6 Å². The van der Waals surface area contributed by atoms with Gasteiger partial charge in [0.1, 0.15) is 5.75 Å². The highest BCUT2D eigenvalue weighted by Crippen LogP contribution is 2.38. The van der Waals surface area contributed by atoms with E-state index in [1.165, 1.54) is 37.3 Å². The first-order valence-corrected chi connectivity index (χ1v) is 10.5. The number of hydrogen-bond acceptors (Lipinski definition) is 7. The number of ether oxygens (including phenoxy) is 2. The van der Waals surface area contributed by atoms with E-state index >= 15 is 0 Å². The molecule has 0 unspecified atom stereocenters. The summed E-state index contributed by atoms with van der Waals surface area (Å²) in [5.41, 5.74) is -0.365. The molecule has 1 aliphatic rings. The van der Waals surface area contributed by atoms with Gasteiger partial charge < -0.3 is 14.8 Å². The Labute approximate surface area is 207 Å². The van der Waals surface area contributed by atoms with E-state index in [-0.39, 0.29) is 29.0 Å². The molecule has 3 aromatic carbocycles. The molecule has 0 radical (unpaired) electrons. The second-order valence-electron chi connectivity index (χ2n) is 7.70. The van der Waals surface area contributed by atoms with Crippen molar-refractivity contribution in [2.24, 2.45) is 4.99 Å². The number of aliphatic imine (C=N–C) groups is 1. The standard InChI is InChI=1S/C25H16F3N3O6/c1-14(32)29-18-7-4-16(5-8-18)23-30-20(24(33)37-23)12-15-2-9-19(10-3-15)36-22-11-6-17(25(26,27)28)13-21(22)31(34)35/h2-13H,1H3,(H,29,32)/b20-12-. The number of amides is 1. The molecular weight excluding hydrogens is 495 g/mol. The Morgan fingerprint density at radius 2 is 1.76 bits per heavy atom. The third-order valence-electron chi connectivity index (χ3n) is 4.97. The quantitative estimate of drug-likeness (QED) is 0.196. The van der Waals surface area contributed by atoms with Crippen LogP contribution in [0.4, 0.5) is 24.5 Å². The molecule has 0 bridgehead atoms. The van der Waals surface area contributed by atoms with Crippen LogP contribution in [0.15, 0.2) is 77.4 Å². The van der Waals surface area contributed by atoms with Gasteiger partial charge in [-0.2, -0.15) is 13.2 Å². The lowest BCUT2D eigenvalue weighted by molar-refractivity contribution is -0.385. The SMILES string of the molecule is CC(=O)Nc1ccc(C2=N/C(=C\c3ccc(Oc4ccc(C(F)(F)F)cc4[N+](=O)[O-])cc3)C(=O)O2)cc1. The second-order valence-corrected chi connectivity index (χ2v) is 7.70. The van der Waals surface area contributed by atoms with Crippen LogP contribution in [-0.2, 0) is 20.5 Å². The van der Waals surface area contributed by atoms with Crippen molar-refractivity contribution in [3.05, 3.63) is 99.2 Å². The summed E-state index contributed by atoms with van der Waals surface area (Å²) in [6, 6.07) is 14.4. The number of halogens is 3. The molecule has 1 heterocycles. The minimum atomic E-state index is -4.74. The Kier molecular flexibility index (Phi) is 6.74. The third-order valence-corrected chi connectivity index (χ3v) is 4.97. The lowest BCUT2D eigenvalue weighted by Crippen LogP contribution is -2.07. The first kappa shape index (κ1) is 25.1. The molecule has 0 saturated carbocycles. The molecule has 1 aliphatic heterocycles. The second kappa shape index (κ2) is 9.93. The Morgan fingerprint density at radius 3 is 2.35 bits per heavy atom. The van der Waals surface area contributed by atoms with Gasteiger partial charge in [-0.1, -0.05) is 12.1 Å². The molecule has 37 heavy (non-hydrogen) atoms. The predicted octanol–water partition coefficient (Wildman–Crippen LogP) is 5.71. The highest BCUT2D eigenvalue weighted by Gasteiger charge is 2.33. The van der Waals surface area contributed by atoms with Crippen molar-refractivity contribution in [2.75, 3.05) is 5.32 Å². The fourth-order valence-electron chi connectivity index (χ4n) is 3.27. The van der Waals surface area contributed by atoms with Crippen LogP contribution in [0.2, 0.25) is 0 Å². The van der Waals surface area contributed by atoms with Crippen LogP contribution in [-0.4, -0.2) is 22.7 Å². The molecule has 12 heteroatoms. The maximum absolute atomic E-state index is 12.9. The number of rotatable bonds is 6. The first-order valence-electron chi connectivity index (χ1n) is 10.5. The zero-order chi connectivity index (χ0) is 26.7. The molecule has 1 N–H and O–H groups in total. The number of anilines is 1. The number of nitro benzene ring substituents is 1. The summed E-state index contributed by atoms with van der Waals surface area (Å²) >= 11 is 0. The Balaban J connectivity index is 1.51. The fraction of sp³-hybridized carbons (Fsp3) is 0.0800. The molecule has 0 saturated heterocycles. The van der Waals surface area contributed by atoms with Gasteiger partial charge >= 0.3 is 17.8 Å². The normalized spacial score (nSPS) is 14.2. The summed E-state index contributed by atoms with van der Waals surface area (Å²) in [5.74, 6) is -1.05. The van der Waals surface area contributed by atoms with E-state index in [2.05, 4.69) is 10.3 Å². The van der Waals surface area contributed by atoms with Gasteiger partial charge in [-0.05, 0) is 60.2 Å². The Hall–Kier alpha value is -5.00. The summed E-state index contributed by atoms with van der Waals surface area (Å²) in [7, 11) is 0. The van der Waals surface area contributed by atoms with E-state index in [1.54, 1.807) is 24.3 Å². The van der Waals surface area contributed by atoms with Crippen molar-refractivity contribution in [3.8, 4) is 11.5 Å². The number of esters is 1. The molecular formula is C25H16F3N3O6. The number of nitro groups is 1. The molecule has 4 rings (SSSR count). The largest absolute Gasteiger partial charge is 0.450 e. The van der Waals surface area contributed by atoms with Gasteiger partial charge in [-0.25, -0.2) is 9.79 Å². The van der Waals surface area contributed by atoms with Crippen molar-refractivity contribution in [3.63, 3.8) is 0 Å². The molecule has 0 aliphatic carbocycles. The summed E-state index contributed by atoms with van der Waals surface area (Å²) in [4.78, 5) is 37.9. The smallest absolute Gasteiger partial charge is 0.416 e. The van der Waals surface area contributed by atoms with Crippen LogP contribution in [0.5, 0.6) is 11.5 Å². The summed E-state index contributed by atoms with van der Waals surface area (Å²) in [6.07, 6.45) is -3.29. The van der Waals surface area contributed by atoms with Gasteiger partial charge in [0, 0.05) is 24.2 Å². The van der Waals surface area contributed by atoms with Crippen LogP contribution in [0.3, 0.4) is 0 Å². The van der Waals surface area contributed by atoms with Crippen LogP contribution in [0.25, 0.3) is 6.08 Å². The summed E-state index contributed by atoms with van der Waals surface area (Å²) in [6.45, 7) is 1.38. The molecule has 0 atom stereocenters. The van der Waals surface area contributed by atoms with Gasteiger partial charge in [-0.3, -0.25) is 14.9 Å². The van der Waals surface area contributed by atoms with Crippen LogP contribution in [0, 0.1) is 10.1 Å². The number of hydrogen-bond donors (Lipinski definition) is 1. The summed E-state index contributed by atoms with van der Waals surface area (Å²) < 4.78 is 49.3. The molecule has 1 amide bonds.